The number of hydrogen-bond donors (Lipinski definition) is 0. The van der Waals surface area contributed by atoms with Gasteiger partial charge in [-0.2, -0.15) is 21.0 Å². The molecule has 612 valence electrons. The van der Waals surface area contributed by atoms with Gasteiger partial charge in [-0.05, 0) is 142 Å². The maximum Gasteiger partial charge on any atom is 2.00 e. The van der Waals surface area contributed by atoms with E-state index in [1.807, 2.05) is 97.1 Å². The van der Waals surface area contributed by atoms with Gasteiger partial charge in [0.15, 0.2) is 0 Å². The van der Waals surface area contributed by atoms with E-state index in [1.165, 1.54) is 22.3 Å². The van der Waals surface area contributed by atoms with Crippen LogP contribution in [0.3, 0.4) is 0 Å². The van der Waals surface area contributed by atoms with Gasteiger partial charge in [-0.25, -0.2) is 0 Å². The number of nitrogens with zero attached hydrogens (tertiary/aromatic N) is 12. The Morgan fingerprint density at radius 2 is 0.339 bits per heavy atom. The van der Waals surface area contributed by atoms with Gasteiger partial charge in [-0.1, -0.05) is 146 Å². The molecule has 0 saturated heterocycles. The minimum Gasteiger partial charge on any atom is -0.335 e. The number of hydrogen-bond acceptors (Lipinski definition) is 12. The van der Waals surface area contributed by atoms with E-state index in [0.717, 1.165) is 67.8 Å². The molecule has 0 unspecified atom stereocenters. The molecule has 42 heteroatoms. The van der Waals surface area contributed by atoms with Crippen molar-refractivity contribution in [1.82, 2.24) is 0 Å². The molecule has 4 aliphatic heterocycles. The van der Waals surface area contributed by atoms with Crippen molar-refractivity contribution >= 4 is 76.7 Å². The van der Waals surface area contributed by atoms with E-state index in [9.17, 15) is 122 Å². The number of benzene rings is 10. The fourth-order valence-electron chi connectivity index (χ4n) is 11.8. The third-order valence-corrected chi connectivity index (χ3v) is 16.0. The van der Waals surface area contributed by atoms with Crippen molar-refractivity contribution in [2.24, 2.45) is 0 Å². The number of fused-ring (bicyclic) bond motifs is 4. The van der Waals surface area contributed by atoms with Crippen molar-refractivity contribution in [3.63, 3.8) is 0 Å². The van der Waals surface area contributed by atoms with Gasteiger partial charge < -0.3 is 39.2 Å². The zero-order valence-corrected chi connectivity index (χ0v) is 75.0. The summed E-state index contributed by atoms with van der Waals surface area (Å²) >= 11 is 0. The molecule has 0 spiro atoms. The SMILES string of the molecule is F[P-](F)(F)(F)(F)F.F[P-](F)(F)(F)(F)F.F[P-](F)(F)(F)(F)F.F[P-](F)(F)(F)(F)F.N#Cc1cccc(CN2[C]N(Cc3ccccc3CN3[C]N(Cc4cccc(C#N)c4)c4ccccc43)c3ccccc32)c1.N#Cc1cccc(CN2[C]N(Cc3ccccc3CN3[C]N(Cc4cccc(C#N)c4)c4ccccc43)c3ccccc32)c1.[Hg+2].[Hg+2]. The molecular formula is C76H56F24Hg2N12P4. The largest absolute Gasteiger partial charge is 2.00 e. The summed E-state index contributed by atoms with van der Waals surface area (Å²) in [6.45, 7) is 19.6. The van der Waals surface area contributed by atoms with Crippen LogP contribution in [0.25, 0.3) is 0 Å². The summed E-state index contributed by atoms with van der Waals surface area (Å²) in [6.07, 6.45) is 0. The van der Waals surface area contributed by atoms with Crippen LogP contribution < -0.4 is 39.2 Å². The van der Waals surface area contributed by atoms with Crippen LogP contribution in [-0.4, -0.2) is 0 Å². The molecule has 14 rings (SSSR count). The maximum atomic E-state index is 9.87. The molecule has 10 aromatic rings. The van der Waals surface area contributed by atoms with Crippen LogP contribution in [-0.2, 0) is 108 Å². The van der Waals surface area contributed by atoms with Crippen molar-refractivity contribution in [2.45, 2.75) is 52.4 Å². The second-order valence-corrected chi connectivity index (χ2v) is 33.3. The first-order valence-corrected chi connectivity index (χ1v) is 41.3. The summed E-state index contributed by atoms with van der Waals surface area (Å²) in [5, 5.41) is 37.4. The Kier molecular flexibility index (Phi) is 27.2. The number of para-hydroxylation sites is 8. The third kappa shape index (κ3) is 34.8. The Labute approximate surface area is 701 Å². The molecule has 4 heterocycles. The summed E-state index contributed by atoms with van der Waals surface area (Å²) < 4.78 is 237. The Bertz CT molecular complexity index is 4740. The van der Waals surface area contributed by atoms with E-state index < -0.39 is 31.2 Å². The van der Waals surface area contributed by atoms with Crippen LogP contribution in [0.4, 0.5) is 146 Å². The quantitative estimate of drug-likeness (QED) is 0.0520. The Balaban J connectivity index is 0.000000243. The molecular weight excluding hydrogens is 2060 g/mol. The first-order chi connectivity index (χ1) is 53.2. The minimum atomic E-state index is -10.7. The zero-order valence-electron chi connectivity index (χ0n) is 60.4. The molecule has 0 aromatic heterocycles. The maximum absolute atomic E-state index is 10.7. The molecule has 4 aliphatic rings. The van der Waals surface area contributed by atoms with Crippen LogP contribution in [0.2, 0.25) is 0 Å². The molecule has 8 radical (unpaired) electrons. The van der Waals surface area contributed by atoms with Crippen molar-refractivity contribution in [2.75, 3.05) is 39.2 Å². The third-order valence-electron chi connectivity index (χ3n) is 16.0. The average molecular weight is 2120 g/mol. The minimum absolute atomic E-state index is 0. The Morgan fingerprint density at radius 3 is 0.483 bits per heavy atom. The van der Waals surface area contributed by atoms with Crippen molar-refractivity contribution in [3.8, 4) is 24.3 Å². The summed E-state index contributed by atoms with van der Waals surface area (Å²) in [4.78, 5) is 17.3. The van der Waals surface area contributed by atoms with Crippen LogP contribution in [0.15, 0.2) is 243 Å². The van der Waals surface area contributed by atoms with E-state index in [1.54, 1.807) is 0 Å². The molecule has 0 bridgehead atoms. The zero-order chi connectivity index (χ0) is 85.4. The van der Waals surface area contributed by atoms with Crippen molar-refractivity contribution in [1.29, 1.82) is 21.0 Å². The van der Waals surface area contributed by atoms with Gasteiger partial charge in [0.2, 0.25) is 26.7 Å². The van der Waals surface area contributed by atoms with Crippen LogP contribution in [0, 0.1) is 72.0 Å². The monoisotopic (exact) mass is 2120 g/mol. The molecule has 12 nitrogen and oxygen atoms in total. The fourth-order valence-corrected chi connectivity index (χ4v) is 11.8. The Hall–Kier alpha value is -9.53. The van der Waals surface area contributed by atoms with Gasteiger partial charge in [0, 0.05) is 52.4 Å². The fraction of sp³-hybridized carbons (Fsp3) is 0.105. The van der Waals surface area contributed by atoms with Gasteiger partial charge in [0.1, 0.15) is 0 Å². The van der Waals surface area contributed by atoms with Gasteiger partial charge in [0.05, 0.1) is 92.0 Å². The Morgan fingerprint density at radius 1 is 0.203 bits per heavy atom. The smallest absolute Gasteiger partial charge is 0.335 e. The van der Waals surface area contributed by atoms with Crippen LogP contribution in [0.5, 0.6) is 0 Å². The number of nitriles is 4. The van der Waals surface area contributed by atoms with E-state index in [-0.39, 0.29) is 55.3 Å². The molecule has 0 atom stereocenters. The van der Waals surface area contributed by atoms with Crippen LogP contribution in [0.1, 0.15) is 66.8 Å². The standard InChI is InChI=1S/2C38H28N6.4F6P.2Hg/c2*39-21-29-9-7-11-31(19-29)23-41-27-43(37-17-5-3-15-35(37)41)25-33-13-1-2-14-34(33)26-44-28-42(36-16-4-6-18-38(36)44)24-32-12-8-10-30(20-32)22-40;4*1-7(2,3,4,5)6;;/h2*1-20H,23-26H2;;;;;;/q;;4*-1;2*+2. The first-order valence-electron chi connectivity index (χ1n) is 33.1. The second kappa shape index (κ2) is 33.6. The molecule has 118 heavy (non-hydrogen) atoms. The molecule has 0 saturated carbocycles. The second-order valence-electron chi connectivity index (χ2n) is 25.7. The molecule has 0 aliphatic carbocycles. The van der Waals surface area contributed by atoms with E-state index >= 15 is 0 Å². The summed E-state index contributed by atoms with van der Waals surface area (Å²) in [5.41, 5.74) is 20.6. The molecule has 0 fully saturated rings. The van der Waals surface area contributed by atoms with Crippen molar-refractivity contribution in [3.05, 3.63) is 336 Å². The topological polar surface area (TPSA) is 121 Å². The van der Waals surface area contributed by atoms with E-state index in [2.05, 4.69) is 236 Å². The molecule has 0 N–H and O–H groups in total. The predicted molar refractivity (Wildman–Crippen MR) is 400 cm³/mol. The number of rotatable bonds is 16. The number of halogens is 24. The van der Waals surface area contributed by atoms with Gasteiger partial charge >= 0.3 is 187 Å². The average Bonchev–Trinajstić information content (AvgIpc) is 1.13. The van der Waals surface area contributed by atoms with Gasteiger partial charge in [-0.15, -0.1) is 0 Å². The van der Waals surface area contributed by atoms with Crippen molar-refractivity contribution < 1.29 is 156 Å². The molecule has 0 amide bonds. The first kappa shape index (κ1) is 95.6. The predicted octanol–water partition coefficient (Wildman–Crippen LogP) is 28.5. The van der Waals surface area contributed by atoms with E-state index in [4.69, 9.17) is 0 Å². The normalized spacial score (nSPS) is 15.5. The van der Waals surface area contributed by atoms with Crippen LogP contribution >= 0.6 is 31.2 Å². The van der Waals surface area contributed by atoms with Gasteiger partial charge in [0.25, 0.3) is 0 Å². The van der Waals surface area contributed by atoms with Gasteiger partial charge in [-0.3, -0.25) is 0 Å². The summed E-state index contributed by atoms with van der Waals surface area (Å²) in [7, 11) is -42.6. The summed E-state index contributed by atoms with van der Waals surface area (Å²) in [6, 6.07) is 90.5. The molecule has 10 aromatic carbocycles. The van der Waals surface area contributed by atoms with E-state index in [0.29, 0.717) is 74.6 Å². The summed E-state index contributed by atoms with van der Waals surface area (Å²) in [5.74, 6) is 0. The number of anilines is 8.